The number of nitrogens with zero attached hydrogens (tertiary/aromatic N) is 1. The fourth-order valence-corrected chi connectivity index (χ4v) is 2.75. The van der Waals surface area contributed by atoms with Gasteiger partial charge in [-0.2, -0.15) is 0 Å². The van der Waals surface area contributed by atoms with Crippen LogP contribution in [-0.4, -0.2) is 50.3 Å². The van der Waals surface area contributed by atoms with Crippen LogP contribution < -0.4 is 5.32 Å². The van der Waals surface area contributed by atoms with Gasteiger partial charge in [0.2, 0.25) is 0 Å². The summed E-state index contributed by atoms with van der Waals surface area (Å²) in [5.41, 5.74) is 0. The molecule has 1 fully saturated rings. The Bertz CT molecular complexity index is 187. The maximum Gasteiger partial charge on any atom is 0.0615 e. The zero-order valence-electron chi connectivity index (χ0n) is 11.3. The summed E-state index contributed by atoms with van der Waals surface area (Å²) in [4.78, 5) is 2.57. The van der Waals surface area contributed by atoms with E-state index >= 15 is 0 Å². The molecule has 0 radical (unpaired) electrons. The van der Waals surface area contributed by atoms with Gasteiger partial charge in [0.25, 0.3) is 0 Å². The van der Waals surface area contributed by atoms with Crippen LogP contribution in [0.15, 0.2) is 0 Å². The third kappa shape index (κ3) is 3.72. The zero-order chi connectivity index (χ0) is 12.0. The summed E-state index contributed by atoms with van der Waals surface area (Å²) < 4.78 is 5.24. The second kappa shape index (κ2) is 7.25. The maximum atomic E-state index is 5.24. The first kappa shape index (κ1) is 13.9. The zero-order valence-corrected chi connectivity index (χ0v) is 11.3. The van der Waals surface area contributed by atoms with Gasteiger partial charge in [-0.3, -0.25) is 4.90 Å². The third-order valence-electron chi connectivity index (χ3n) is 3.79. The molecule has 1 aliphatic heterocycles. The van der Waals surface area contributed by atoms with E-state index in [0.717, 1.165) is 25.1 Å². The number of hydrogen-bond acceptors (Lipinski definition) is 3. The first-order valence-electron chi connectivity index (χ1n) is 6.69. The van der Waals surface area contributed by atoms with E-state index < -0.39 is 0 Å². The molecule has 0 aromatic rings. The molecule has 0 amide bonds. The van der Waals surface area contributed by atoms with Crippen LogP contribution in [0.3, 0.4) is 0 Å². The van der Waals surface area contributed by atoms with Crippen molar-refractivity contribution in [3.8, 4) is 0 Å². The Kier molecular flexibility index (Phi) is 6.32. The fraction of sp³-hybridized carbons (Fsp3) is 1.00. The molecule has 3 heteroatoms. The highest BCUT2D eigenvalue weighted by atomic mass is 16.5. The molecule has 1 rings (SSSR count). The van der Waals surface area contributed by atoms with E-state index in [1.54, 1.807) is 7.11 Å². The van der Waals surface area contributed by atoms with Gasteiger partial charge in [0.05, 0.1) is 6.61 Å². The SMILES string of the molecule is CCNC1CCN(C(C)COC)CC1CC. The number of nitrogens with one attached hydrogen (secondary N) is 1. The molecular weight excluding hydrogens is 200 g/mol. The Morgan fingerprint density at radius 2 is 2.19 bits per heavy atom. The summed E-state index contributed by atoms with van der Waals surface area (Å²) in [5.74, 6) is 0.799. The average Bonchev–Trinajstić information content (AvgIpc) is 2.30. The molecule has 3 nitrogen and oxygen atoms in total. The second-order valence-corrected chi connectivity index (χ2v) is 4.92. The highest BCUT2D eigenvalue weighted by molar-refractivity contribution is 4.86. The van der Waals surface area contributed by atoms with Gasteiger partial charge >= 0.3 is 0 Å². The monoisotopic (exact) mass is 228 g/mol. The van der Waals surface area contributed by atoms with Gasteiger partial charge in [0.15, 0.2) is 0 Å². The molecule has 0 aromatic heterocycles. The van der Waals surface area contributed by atoms with Gasteiger partial charge in [-0.15, -0.1) is 0 Å². The smallest absolute Gasteiger partial charge is 0.0615 e. The van der Waals surface area contributed by atoms with Crippen LogP contribution in [0.2, 0.25) is 0 Å². The van der Waals surface area contributed by atoms with E-state index in [4.69, 9.17) is 4.74 Å². The van der Waals surface area contributed by atoms with Crippen LogP contribution in [0.25, 0.3) is 0 Å². The van der Waals surface area contributed by atoms with Crippen molar-refractivity contribution < 1.29 is 4.74 Å². The molecule has 1 aliphatic rings. The standard InChI is InChI=1S/C13H28N2O/c1-5-12-9-15(11(3)10-16-4)8-7-13(12)14-6-2/h11-14H,5-10H2,1-4H3. The highest BCUT2D eigenvalue weighted by Crippen LogP contribution is 2.21. The van der Waals surface area contributed by atoms with Crippen molar-refractivity contribution in [3.05, 3.63) is 0 Å². The Labute approximate surface area is 101 Å². The minimum atomic E-state index is 0.557. The lowest BCUT2D eigenvalue weighted by Gasteiger charge is -2.41. The predicted molar refractivity (Wildman–Crippen MR) is 68.8 cm³/mol. The van der Waals surface area contributed by atoms with Crippen LogP contribution >= 0.6 is 0 Å². The van der Waals surface area contributed by atoms with Gasteiger partial charge in [0.1, 0.15) is 0 Å². The van der Waals surface area contributed by atoms with Crippen molar-refractivity contribution in [2.75, 3.05) is 33.4 Å². The summed E-state index contributed by atoms with van der Waals surface area (Å²) in [7, 11) is 1.79. The molecule has 0 aromatic carbocycles. The first-order chi connectivity index (χ1) is 7.72. The minimum Gasteiger partial charge on any atom is -0.383 e. The molecule has 0 saturated carbocycles. The summed E-state index contributed by atoms with van der Waals surface area (Å²) in [5, 5.41) is 3.62. The number of piperidine rings is 1. The van der Waals surface area contributed by atoms with Gasteiger partial charge in [-0.1, -0.05) is 20.3 Å². The molecule has 0 bridgehead atoms. The van der Waals surface area contributed by atoms with Gasteiger partial charge in [-0.25, -0.2) is 0 Å². The van der Waals surface area contributed by atoms with Gasteiger partial charge in [0, 0.05) is 32.3 Å². The number of hydrogen-bond donors (Lipinski definition) is 1. The molecule has 3 atom stereocenters. The molecule has 0 aliphatic carbocycles. The molecule has 0 spiro atoms. The van der Waals surface area contributed by atoms with E-state index in [-0.39, 0.29) is 0 Å². The van der Waals surface area contributed by atoms with E-state index in [2.05, 4.69) is 31.0 Å². The summed E-state index contributed by atoms with van der Waals surface area (Å²) in [6, 6.07) is 1.28. The Morgan fingerprint density at radius 3 is 2.75 bits per heavy atom. The lowest BCUT2D eigenvalue weighted by atomic mass is 9.89. The molecule has 96 valence electrons. The lowest BCUT2D eigenvalue weighted by Crippen LogP contribution is -2.52. The molecule has 16 heavy (non-hydrogen) atoms. The topological polar surface area (TPSA) is 24.5 Å². The van der Waals surface area contributed by atoms with Crippen LogP contribution in [-0.2, 0) is 4.74 Å². The van der Waals surface area contributed by atoms with E-state index in [1.807, 2.05) is 0 Å². The summed E-state index contributed by atoms with van der Waals surface area (Å²) >= 11 is 0. The summed E-state index contributed by atoms with van der Waals surface area (Å²) in [6.45, 7) is 11.1. The van der Waals surface area contributed by atoms with Crippen molar-refractivity contribution in [1.29, 1.82) is 0 Å². The fourth-order valence-electron chi connectivity index (χ4n) is 2.75. The average molecular weight is 228 g/mol. The van der Waals surface area contributed by atoms with Crippen LogP contribution in [0.4, 0.5) is 0 Å². The van der Waals surface area contributed by atoms with E-state index in [1.165, 1.54) is 25.9 Å². The molecule has 1 saturated heterocycles. The van der Waals surface area contributed by atoms with Gasteiger partial charge in [-0.05, 0) is 25.8 Å². The first-order valence-corrected chi connectivity index (χ1v) is 6.69. The molecule has 3 unspecified atom stereocenters. The minimum absolute atomic E-state index is 0.557. The van der Waals surface area contributed by atoms with Crippen molar-refractivity contribution >= 4 is 0 Å². The second-order valence-electron chi connectivity index (χ2n) is 4.92. The Hall–Kier alpha value is -0.120. The summed E-state index contributed by atoms with van der Waals surface area (Å²) in [6.07, 6.45) is 2.55. The third-order valence-corrected chi connectivity index (χ3v) is 3.79. The van der Waals surface area contributed by atoms with Crippen LogP contribution in [0.1, 0.15) is 33.6 Å². The number of methoxy groups -OCH3 is 1. The van der Waals surface area contributed by atoms with Crippen molar-refractivity contribution in [2.24, 2.45) is 5.92 Å². The predicted octanol–water partition coefficient (Wildman–Crippen LogP) is 1.73. The molecular formula is C13H28N2O. The van der Waals surface area contributed by atoms with Crippen molar-refractivity contribution in [3.63, 3.8) is 0 Å². The van der Waals surface area contributed by atoms with Crippen molar-refractivity contribution in [1.82, 2.24) is 10.2 Å². The Morgan fingerprint density at radius 1 is 1.44 bits per heavy atom. The van der Waals surface area contributed by atoms with Crippen molar-refractivity contribution in [2.45, 2.75) is 45.7 Å². The molecule has 1 heterocycles. The number of ether oxygens (including phenoxy) is 1. The molecule has 1 N–H and O–H groups in total. The maximum absolute atomic E-state index is 5.24. The van der Waals surface area contributed by atoms with E-state index in [0.29, 0.717) is 6.04 Å². The van der Waals surface area contributed by atoms with Crippen LogP contribution in [0.5, 0.6) is 0 Å². The van der Waals surface area contributed by atoms with Crippen LogP contribution in [0, 0.1) is 5.92 Å². The Balaban J connectivity index is 2.44. The quantitative estimate of drug-likeness (QED) is 0.749. The lowest BCUT2D eigenvalue weighted by molar-refractivity contribution is 0.0543. The van der Waals surface area contributed by atoms with Gasteiger partial charge < -0.3 is 10.1 Å². The number of likely N-dealkylation sites (tertiary alicyclic amines) is 1. The normalized spacial score (nSPS) is 29.2. The largest absolute Gasteiger partial charge is 0.383 e. The van der Waals surface area contributed by atoms with E-state index in [9.17, 15) is 0 Å². The number of rotatable bonds is 6. The highest BCUT2D eigenvalue weighted by Gasteiger charge is 2.29.